The average molecular weight is 401 g/mol. The van der Waals surface area contributed by atoms with Crippen LogP contribution in [0.25, 0.3) is 0 Å². The van der Waals surface area contributed by atoms with E-state index in [0.29, 0.717) is 0 Å². The van der Waals surface area contributed by atoms with Gasteiger partial charge >= 0.3 is 0 Å². The summed E-state index contributed by atoms with van der Waals surface area (Å²) in [5, 5.41) is 0. The van der Waals surface area contributed by atoms with Gasteiger partial charge in [-0.15, -0.1) is 0 Å². The van der Waals surface area contributed by atoms with Crippen LogP contribution in [-0.4, -0.2) is 5.78 Å². The molecule has 0 aliphatic heterocycles. The van der Waals surface area contributed by atoms with Gasteiger partial charge in [0.2, 0.25) is 0 Å². The highest BCUT2D eigenvalue weighted by molar-refractivity contribution is 5.96. The first-order valence-electron chi connectivity index (χ1n) is 13.7. The van der Waals surface area contributed by atoms with Crippen LogP contribution in [0.5, 0.6) is 0 Å². The zero-order valence-corrected chi connectivity index (χ0v) is 19.7. The lowest BCUT2D eigenvalue weighted by atomic mass is 9.43. The van der Waals surface area contributed by atoms with Crippen molar-refractivity contribution in [3.63, 3.8) is 0 Å². The van der Waals surface area contributed by atoms with Gasteiger partial charge in [0.25, 0.3) is 0 Å². The molecule has 0 aromatic heterocycles. The molecule has 0 N–H and O–H groups in total. The molecule has 0 aromatic carbocycles. The maximum absolute atomic E-state index is 13.4. The molecule has 166 valence electrons. The van der Waals surface area contributed by atoms with E-state index in [9.17, 15) is 4.79 Å². The highest BCUT2D eigenvalue weighted by Gasteiger charge is 2.63. The first kappa shape index (κ1) is 21.9. The Morgan fingerprint density at radius 2 is 1.28 bits per heavy atom. The molecule has 4 saturated carbocycles. The van der Waals surface area contributed by atoms with Crippen molar-refractivity contribution < 1.29 is 4.79 Å². The summed E-state index contributed by atoms with van der Waals surface area (Å²) in [6, 6.07) is 0. The van der Waals surface area contributed by atoms with Gasteiger partial charge in [0, 0.05) is 10.8 Å². The van der Waals surface area contributed by atoms with E-state index in [1.165, 1.54) is 122 Å². The summed E-state index contributed by atoms with van der Waals surface area (Å²) in [4.78, 5) is 13.4. The van der Waals surface area contributed by atoms with Crippen molar-refractivity contribution in [2.45, 2.75) is 136 Å². The molecule has 2 spiro atoms. The highest BCUT2D eigenvalue weighted by Crippen LogP contribution is 2.64. The fourth-order valence-electron chi connectivity index (χ4n) is 8.18. The number of hydrogen-bond donors (Lipinski definition) is 0. The maximum atomic E-state index is 13.4. The summed E-state index contributed by atoms with van der Waals surface area (Å²) in [6.07, 6.45) is 26.1. The lowest BCUT2D eigenvalue weighted by Gasteiger charge is -2.59. The monoisotopic (exact) mass is 400 g/mol. The van der Waals surface area contributed by atoms with Gasteiger partial charge in [-0.25, -0.2) is 0 Å². The van der Waals surface area contributed by atoms with Crippen molar-refractivity contribution in [1.29, 1.82) is 0 Å². The van der Waals surface area contributed by atoms with Crippen LogP contribution >= 0.6 is 0 Å². The second-order valence-corrected chi connectivity index (χ2v) is 11.9. The molecule has 1 nitrogen and oxygen atoms in total. The van der Waals surface area contributed by atoms with E-state index in [2.05, 4.69) is 13.8 Å². The summed E-state index contributed by atoms with van der Waals surface area (Å²) in [5.41, 5.74) is 0.292. The number of ketones is 1. The molecular weight excluding hydrogens is 352 g/mol. The Hall–Kier alpha value is -0.330. The van der Waals surface area contributed by atoms with Gasteiger partial charge < -0.3 is 0 Å². The summed E-state index contributed by atoms with van der Waals surface area (Å²) in [5.74, 6) is 4.60. The Morgan fingerprint density at radius 3 is 1.83 bits per heavy atom. The van der Waals surface area contributed by atoms with Crippen LogP contribution in [0.2, 0.25) is 0 Å². The molecule has 1 heteroatoms. The number of unbranched alkanes of at least 4 members (excludes halogenated alkanes) is 3. The van der Waals surface area contributed by atoms with Gasteiger partial charge in [-0.05, 0) is 94.3 Å². The number of Topliss-reactive ketones (excluding diaryl/α,β-unsaturated/α-hetero) is 1. The minimum Gasteiger partial charge on any atom is -0.298 e. The van der Waals surface area contributed by atoms with Crippen molar-refractivity contribution in [3.8, 4) is 0 Å². The van der Waals surface area contributed by atoms with E-state index in [1.54, 1.807) is 0 Å². The summed E-state index contributed by atoms with van der Waals surface area (Å²) in [7, 11) is 0. The molecule has 29 heavy (non-hydrogen) atoms. The van der Waals surface area contributed by atoms with Crippen molar-refractivity contribution in [2.24, 2.45) is 34.5 Å². The second kappa shape index (κ2) is 9.44. The van der Waals surface area contributed by atoms with Gasteiger partial charge in [0.05, 0.1) is 0 Å². The average Bonchev–Trinajstić information content (AvgIpc) is 2.78. The summed E-state index contributed by atoms with van der Waals surface area (Å²) in [6.45, 7) is 4.64. The molecule has 0 bridgehead atoms. The first-order valence-corrected chi connectivity index (χ1v) is 13.7. The van der Waals surface area contributed by atoms with E-state index >= 15 is 0 Å². The standard InChI is InChI=1S/C28H48O/c1-3-5-6-7-8-23-9-11-24(12-10-23)25-15-19-28(20-16-25)21-27(26(28)29)17-13-22(4-2)14-18-27/h22-25H,3-21H2,1-2H3. The fourth-order valence-corrected chi connectivity index (χ4v) is 8.18. The molecule has 0 unspecified atom stereocenters. The third kappa shape index (κ3) is 4.50. The van der Waals surface area contributed by atoms with Crippen molar-refractivity contribution >= 4 is 5.78 Å². The number of hydrogen-bond acceptors (Lipinski definition) is 1. The SMILES string of the molecule is CCCCCCC1CCC(C2CCC3(CC2)CC2(CCC(CC)CC2)C3=O)CC1. The number of carbonyl (C=O) groups excluding carboxylic acids is 1. The van der Waals surface area contributed by atoms with Crippen molar-refractivity contribution in [2.75, 3.05) is 0 Å². The lowest BCUT2D eigenvalue weighted by molar-refractivity contribution is -0.169. The van der Waals surface area contributed by atoms with Crippen LogP contribution in [0.4, 0.5) is 0 Å². The summed E-state index contributed by atoms with van der Waals surface area (Å²) >= 11 is 0. The van der Waals surface area contributed by atoms with Gasteiger partial charge in [0.1, 0.15) is 5.78 Å². The Labute approximate surface area is 181 Å². The highest BCUT2D eigenvalue weighted by atomic mass is 16.1. The van der Waals surface area contributed by atoms with E-state index in [0.717, 1.165) is 29.5 Å². The van der Waals surface area contributed by atoms with Gasteiger partial charge in [0.15, 0.2) is 0 Å². The zero-order chi connectivity index (χ0) is 20.3. The van der Waals surface area contributed by atoms with Crippen LogP contribution in [-0.2, 0) is 4.79 Å². The Balaban J connectivity index is 1.19. The largest absolute Gasteiger partial charge is 0.298 e. The van der Waals surface area contributed by atoms with E-state index < -0.39 is 0 Å². The molecule has 4 aliphatic carbocycles. The van der Waals surface area contributed by atoms with Gasteiger partial charge in [-0.3, -0.25) is 4.79 Å². The van der Waals surface area contributed by atoms with Crippen LogP contribution in [0.15, 0.2) is 0 Å². The topological polar surface area (TPSA) is 17.1 Å². The molecule has 4 rings (SSSR count). The molecule has 0 radical (unpaired) electrons. The second-order valence-electron chi connectivity index (χ2n) is 11.9. The number of rotatable bonds is 7. The molecule has 0 heterocycles. The Bertz CT molecular complexity index is 525. The molecular formula is C28H48O. The van der Waals surface area contributed by atoms with Crippen LogP contribution in [0, 0.1) is 34.5 Å². The predicted octanol–water partition coefficient (Wildman–Crippen LogP) is 8.50. The van der Waals surface area contributed by atoms with E-state index in [1.807, 2.05) is 0 Å². The summed E-state index contributed by atoms with van der Waals surface area (Å²) < 4.78 is 0. The van der Waals surface area contributed by atoms with Gasteiger partial charge in [-0.1, -0.05) is 65.2 Å². The van der Waals surface area contributed by atoms with Gasteiger partial charge in [-0.2, -0.15) is 0 Å². The fraction of sp³-hybridized carbons (Fsp3) is 0.964. The van der Waals surface area contributed by atoms with Crippen molar-refractivity contribution in [3.05, 3.63) is 0 Å². The molecule has 0 saturated heterocycles. The minimum absolute atomic E-state index is 0.145. The maximum Gasteiger partial charge on any atom is 0.145 e. The molecule has 4 aliphatic rings. The van der Waals surface area contributed by atoms with E-state index in [-0.39, 0.29) is 10.8 Å². The van der Waals surface area contributed by atoms with E-state index in [4.69, 9.17) is 0 Å². The normalized spacial score (nSPS) is 42.9. The first-order chi connectivity index (χ1) is 14.1. The lowest BCUT2D eigenvalue weighted by Crippen LogP contribution is -2.59. The Kier molecular flexibility index (Phi) is 7.12. The molecule has 0 aromatic rings. The smallest absolute Gasteiger partial charge is 0.145 e. The molecule has 0 amide bonds. The Morgan fingerprint density at radius 1 is 0.690 bits per heavy atom. The van der Waals surface area contributed by atoms with Crippen LogP contribution in [0.3, 0.4) is 0 Å². The van der Waals surface area contributed by atoms with Crippen LogP contribution in [0.1, 0.15) is 136 Å². The minimum atomic E-state index is 0.145. The van der Waals surface area contributed by atoms with Crippen molar-refractivity contribution in [1.82, 2.24) is 0 Å². The predicted molar refractivity (Wildman–Crippen MR) is 123 cm³/mol. The quantitative estimate of drug-likeness (QED) is 0.391. The van der Waals surface area contributed by atoms with Crippen LogP contribution < -0.4 is 0 Å². The molecule has 0 atom stereocenters. The number of carbonyl (C=O) groups is 1. The third-order valence-corrected chi connectivity index (χ3v) is 10.3. The molecule has 4 fully saturated rings. The zero-order valence-electron chi connectivity index (χ0n) is 19.7. The third-order valence-electron chi connectivity index (χ3n) is 10.3.